The Kier molecular flexibility index (Phi) is 2.77. The summed E-state index contributed by atoms with van der Waals surface area (Å²) in [5.41, 5.74) is -1.21. The van der Waals surface area contributed by atoms with E-state index in [2.05, 4.69) is 10.3 Å². The standard InChI is InChI=1S/C10H6F3N3O2/c11-10(12,13)6-2-1-3-7(4-6)16-8(9(17)18)5-14-15-16/h1-5H,(H,17,18). The van der Waals surface area contributed by atoms with Crippen molar-refractivity contribution in [2.75, 3.05) is 0 Å². The lowest BCUT2D eigenvalue weighted by Crippen LogP contribution is -2.10. The first-order chi connectivity index (χ1) is 8.39. The summed E-state index contributed by atoms with van der Waals surface area (Å²) < 4.78 is 38.4. The van der Waals surface area contributed by atoms with Gasteiger partial charge in [0.25, 0.3) is 0 Å². The maximum Gasteiger partial charge on any atom is 0.416 e. The smallest absolute Gasteiger partial charge is 0.416 e. The zero-order valence-corrected chi connectivity index (χ0v) is 8.72. The van der Waals surface area contributed by atoms with Gasteiger partial charge in [-0.1, -0.05) is 11.3 Å². The van der Waals surface area contributed by atoms with E-state index in [1.807, 2.05) is 0 Å². The van der Waals surface area contributed by atoms with Gasteiger partial charge in [-0.25, -0.2) is 9.48 Å². The molecule has 1 heterocycles. The van der Waals surface area contributed by atoms with Gasteiger partial charge < -0.3 is 5.11 Å². The van der Waals surface area contributed by atoms with Gasteiger partial charge in [0.05, 0.1) is 17.4 Å². The fraction of sp³-hybridized carbons (Fsp3) is 0.100. The Morgan fingerprint density at radius 2 is 2.06 bits per heavy atom. The lowest BCUT2D eigenvalue weighted by molar-refractivity contribution is -0.137. The number of halogens is 3. The van der Waals surface area contributed by atoms with Gasteiger partial charge in [0.2, 0.25) is 0 Å². The third kappa shape index (κ3) is 2.17. The number of aromatic carboxylic acids is 1. The van der Waals surface area contributed by atoms with Crippen LogP contribution in [0.3, 0.4) is 0 Å². The molecule has 2 rings (SSSR count). The predicted octanol–water partition coefficient (Wildman–Crippen LogP) is 1.98. The molecule has 5 nitrogen and oxygen atoms in total. The molecule has 0 bridgehead atoms. The van der Waals surface area contributed by atoms with E-state index in [9.17, 15) is 18.0 Å². The number of alkyl halides is 3. The first-order valence-electron chi connectivity index (χ1n) is 4.71. The Labute approximate surface area is 98.5 Å². The summed E-state index contributed by atoms with van der Waals surface area (Å²) in [7, 11) is 0. The highest BCUT2D eigenvalue weighted by Gasteiger charge is 2.30. The molecule has 0 amide bonds. The molecule has 1 N–H and O–H groups in total. The van der Waals surface area contributed by atoms with Crippen LogP contribution in [0.15, 0.2) is 30.5 Å². The molecule has 8 heteroatoms. The van der Waals surface area contributed by atoms with E-state index < -0.39 is 17.7 Å². The Hall–Kier alpha value is -2.38. The highest BCUT2D eigenvalue weighted by Crippen LogP contribution is 2.30. The van der Waals surface area contributed by atoms with E-state index in [-0.39, 0.29) is 11.4 Å². The normalized spacial score (nSPS) is 11.5. The molecule has 0 radical (unpaired) electrons. The van der Waals surface area contributed by atoms with Crippen LogP contribution in [-0.2, 0) is 6.18 Å². The van der Waals surface area contributed by atoms with Gasteiger partial charge in [0.1, 0.15) is 0 Å². The average molecular weight is 257 g/mol. The highest BCUT2D eigenvalue weighted by atomic mass is 19.4. The monoisotopic (exact) mass is 257 g/mol. The van der Waals surface area contributed by atoms with Crippen LogP contribution >= 0.6 is 0 Å². The van der Waals surface area contributed by atoms with Crippen LogP contribution in [0.4, 0.5) is 13.2 Å². The molecular weight excluding hydrogens is 251 g/mol. The lowest BCUT2D eigenvalue weighted by atomic mass is 10.2. The Morgan fingerprint density at radius 3 is 2.67 bits per heavy atom. The van der Waals surface area contributed by atoms with Crippen molar-refractivity contribution in [3.05, 3.63) is 41.7 Å². The molecule has 0 fully saturated rings. The van der Waals surface area contributed by atoms with Gasteiger partial charge in [0.15, 0.2) is 5.69 Å². The topological polar surface area (TPSA) is 68.0 Å². The van der Waals surface area contributed by atoms with Gasteiger partial charge in [-0.15, -0.1) is 5.10 Å². The van der Waals surface area contributed by atoms with Gasteiger partial charge in [-0.2, -0.15) is 13.2 Å². The van der Waals surface area contributed by atoms with Crippen molar-refractivity contribution in [3.63, 3.8) is 0 Å². The van der Waals surface area contributed by atoms with Crippen LogP contribution in [-0.4, -0.2) is 26.1 Å². The molecule has 0 saturated heterocycles. The van der Waals surface area contributed by atoms with Crippen LogP contribution in [0.1, 0.15) is 16.1 Å². The minimum Gasteiger partial charge on any atom is -0.476 e. The van der Waals surface area contributed by atoms with E-state index in [1.54, 1.807) is 0 Å². The molecular formula is C10H6F3N3O2. The largest absolute Gasteiger partial charge is 0.476 e. The van der Waals surface area contributed by atoms with Crippen LogP contribution in [0.2, 0.25) is 0 Å². The van der Waals surface area contributed by atoms with Crippen LogP contribution < -0.4 is 0 Å². The SMILES string of the molecule is O=C(O)c1cnnn1-c1cccc(C(F)(F)F)c1. The number of carbonyl (C=O) groups is 1. The molecule has 2 aromatic rings. The van der Waals surface area contributed by atoms with E-state index >= 15 is 0 Å². The first-order valence-corrected chi connectivity index (χ1v) is 4.71. The Bertz CT molecular complexity index is 592. The minimum absolute atomic E-state index is 0.0141. The summed E-state index contributed by atoms with van der Waals surface area (Å²) in [5.74, 6) is -1.32. The zero-order valence-electron chi connectivity index (χ0n) is 8.72. The van der Waals surface area contributed by atoms with Crippen molar-refractivity contribution in [2.45, 2.75) is 6.18 Å². The van der Waals surface area contributed by atoms with Crippen molar-refractivity contribution < 1.29 is 23.1 Å². The number of hydrogen-bond donors (Lipinski definition) is 1. The molecule has 0 unspecified atom stereocenters. The maximum absolute atomic E-state index is 12.5. The molecule has 1 aromatic heterocycles. The molecule has 0 aliphatic rings. The van der Waals surface area contributed by atoms with Gasteiger partial charge >= 0.3 is 12.1 Å². The quantitative estimate of drug-likeness (QED) is 0.893. The van der Waals surface area contributed by atoms with Crippen LogP contribution in [0.25, 0.3) is 5.69 Å². The second kappa shape index (κ2) is 4.13. The number of carboxylic acid groups (broad SMARTS) is 1. The second-order valence-corrected chi connectivity index (χ2v) is 3.38. The third-order valence-corrected chi connectivity index (χ3v) is 2.19. The molecule has 0 aliphatic carbocycles. The summed E-state index contributed by atoms with van der Waals surface area (Å²) >= 11 is 0. The van der Waals surface area contributed by atoms with Crippen LogP contribution in [0.5, 0.6) is 0 Å². The molecule has 18 heavy (non-hydrogen) atoms. The highest BCUT2D eigenvalue weighted by molar-refractivity contribution is 5.85. The maximum atomic E-state index is 12.5. The number of carboxylic acids is 1. The summed E-state index contributed by atoms with van der Waals surface area (Å²) in [6.07, 6.45) is -3.54. The molecule has 0 atom stereocenters. The Morgan fingerprint density at radius 1 is 1.33 bits per heavy atom. The van der Waals surface area contributed by atoms with E-state index in [1.165, 1.54) is 12.1 Å². The summed E-state index contributed by atoms with van der Waals surface area (Å²) in [6.45, 7) is 0. The van der Waals surface area contributed by atoms with Gasteiger partial charge in [-0.05, 0) is 18.2 Å². The van der Waals surface area contributed by atoms with Crippen LogP contribution in [0, 0.1) is 0 Å². The van der Waals surface area contributed by atoms with E-state index in [4.69, 9.17) is 5.11 Å². The van der Waals surface area contributed by atoms with Crippen molar-refractivity contribution >= 4 is 5.97 Å². The van der Waals surface area contributed by atoms with Crippen molar-refractivity contribution in [1.29, 1.82) is 0 Å². The fourth-order valence-electron chi connectivity index (χ4n) is 1.39. The van der Waals surface area contributed by atoms with E-state index in [0.717, 1.165) is 23.0 Å². The summed E-state index contributed by atoms with van der Waals surface area (Å²) in [4.78, 5) is 10.8. The number of benzene rings is 1. The molecule has 0 saturated carbocycles. The van der Waals surface area contributed by atoms with Gasteiger partial charge in [-0.3, -0.25) is 0 Å². The molecule has 0 aliphatic heterocycles. The molecule has 94 valence electrons. The summed E-state index contributed by atoms with van der Waals surface area (Å²) in [5, 5.41) is 15.6. The van der Waals surface area contributed by atoms with Crippen molar-refractivity contribution in [2.24, 2.45) is 0 Å². The Balaban J connectivity index is 2.52. The number of aromatic nitrogens is 3. The number of hydrogen-bond acceptors (Lipinski definition) is 3. The average Bonchev–Trinajstić information content (AvgIpc) is 2.77. The molecule has 0 spiro atoms. The van der Waals surface area contributed by atoms with E-state index in [0.29, 0.717) is 0 Å². The number of rotatable bonds is 2. The zero-order chi connectivity index (χ0) is 13.3. The first kappa shape index (κ1) is 12.1. The fourth-order valence-corrected chi connectivity index (χ4v) is 1.39. The minimum atomic E-state index is -4.50. The third-order valence-electron chi connectivity index (χ3n) is 2.19. The predicted molar refractivity (Wildman–Crippen MR) is 53.3 cm³/mol. The van der Waals surface area contributed by atoms with Crippen molar-refractivity contribution in [1.82, 2.24) is 15.0 Å². The summed E-state index contributed by atoms with van der Waals surface area (Å²) in [6, 6.07) is 4.18. The number of nitrogens with zero attached hydrogens (tertiary/aromatic N) is 3. The second-order valence-electron chi connectivity index (χ2n) is 3.38. The lowest BCUT2D eigenvalue weighted by Gasteiger charge is -2.09. The van der Waals surface area contributed by atoms with Gasteiger partial charge in [0, 0.05) is 0 Å². The molecule has 1 aromatic carbocycles. The van der Waals surface area contributed by atoms with Crippen molar-refractivity contribution in [3.8, 4) is 5.69 Å².